The molecule has 0 fully saturated rings. The highest BCUT2D eigenvalue weighted by atomic mass is 16.5. The van der Waals surface area contributed by atoms with Gasteiger partial charge in [0.05, 0.1) is 12.7 Å². The molecule has 0 spiro atoms. The second kappa shape index (κ2) is 4.43. The van der Waals surface area contributed by atoms with Crippen LogP contribution in [0.2, 0.25) is 0 Å². The standard InChI is InChI=1S/C13H16O/c1-2-13-9-8-12(10-14-13)11-6-4-3-5-7-11/h3-8,13H,2,9-10H2,1H3. The van der Waals surface area contributed by atoms with Crippen LogP contribution in [-0.2, 0) is 4.74 Å². The Labute approximate surface area is 85.4 Å². The van der Waals surface area contributed by atoms with Crippen LogP contribution >= 0.6 is 0 Å². The molecule has 1 unspecified atom stereocenters. The first-order valence-corrected chi connectivity index (χ1v) is 5.26. The SMILES string of the molecule is CCC1CC=C(c2ccccc2)CO1. The summed E-state index contributed by atoms with van der Waals surface area (Å²) in [6.07, 6.45) is 4.91. The second-order valence-corrected chi connectivity index (χ2v) is 3.67. The van der Waals surface area contributed by atoms with E-state index in [1.165, 1.54) is 11.1 Å². The van der Waals surface area contributed by atoms with Gasteiger partial charge in [-0.05, 0) is 24.0 Å². The van der Waals surface area contributed by atoms with Crippen molar-refractivity contribution in [3.8, 4) is 0 Å². The highest BCUT2D eigenvalue weighted by Gasteiger charge is 2.13. The van der Waals surface area contributed by atoms with Gasteiger partial charge in [-0.25, -0.2) is 0 Å². The summed E-state index contributed by atoms with van der Waals surface area (Å²) >= 11 is 0. The average molecular weight is 188 g/mol. The lowest BCUT2D eigenvalue weighted by atomic mass is 10.0. The molecule has 1 atom stereocenters. The van der Waals surface area contributed by atoms with Crippen molar-refractivity contribution in [3.05, 3.63) is 42.0 Å². The highest BCUT2D eigenvalue weighted by molar-refractivity contribution is 5.66. The van der Waals surface area contributed by atoms with Gasteiger partial charge >= 0.3 is 0 Å². The zero-order valence-electron chi connectivity index (χ0n) is 8.57. The van der Waals surface area contributed by atoms with E-state index in [9.17, 15) is 0 Å². The first kappa shape index (κ1) is 9.47. The van der Waals surface area contributed by atoms with Gasteiger partial charge in [-0.2, -0.15) is 0 Å². The van der Waals surface area contributed by atoms with Crippen LogP contribution in [0.5, 0.6) is 0 Å². The van der Waals surface area contributed by atoms with Gasteiger partial charge in [0, 0.05) is 0 Å². The van der Waals surface area contributed by atoms with E-state index in [4.69, 9.17) is 4.74 Å². The maximum absolute atomic E-state index is 5.73. The molecule has 0 aromatic heterocycles. The molecule has 74 valence electrons. The van der Waals surface area contributed by atoms with Gasteiger partial charge in [-0.3, -0.25) is 0 Å². The van der Waals surface area contributed by atoms with Crippen LogP contribution < -0.4 is 0 Å². The Morgan fingerprint density at radius 1 is 1.29 bits per heavy atom. The second-order valence-electron chi connectivity index (χ2n) is 3.67. The number of rotatable bonds is 2. The summed E-state index contributed by atoms with van der Waals surface area (Å²) in [5.41, 5.74) is 2.62. The number of benzene rings is 1. The quantitative estimate of drug-likeness (QED) is 0.692. The van der Waals surface area contributed by atoms with Gasteiger partial charge < -0.3 is 4.74 Å². The van der Waals surface area contributed by atoms with Gasteiger partial charge in [-0.1, -0.05) is 43.3 Å². The lowest BCUT2D eigenvalue weighted by molar-refractivity contribution is 0.0703. The Balaban J connectivity index is 2.11. The summed E-state index contributed by atoms with van der Waals surface area (Å²) in [5, 5.41) is 0. The van der Waals surface area contributed by atoms with E-state index in [1.807, 2.05) is 6.07 Å². The van der Waals surface area contributed by atoms with Crippen molar-refractivity contribution in [2.75, 3.05) is 6.61 Å². The van der Waals surface area contributed by atoms with Crippen molar-refractivity contribution in [2.24, 2.45) is 0 Å². The zero-order valence-corrected chi connectivity index (χ0v) is 8.57. The average Bonchev–Trinajstić information content (AvgIpc) is 2.30. The Morgan fingerprint density at radius 2 is 2.07 bits per heavy atom. The Kier molecular flexibility index (Phi) is 3.00. The molecule has 0 N–H and O–H groups in total. The molecule has 1 heterocycles. The van der Waals surface area contributed by atoms with Crippen molar-refractivity contribution in [1.29, 1.82) is 0 Å². The van der Waals surface area contributed by atoms with Gasteiger partial charge in [0.2, 0.25) is 0 Å². The van der Waals surface area contributed by atoms with Crippen LogP contribution in [0.3, 0.4) is 0 Å². The predicted octanol–water partition coefficient (Wildman–Crippen LogP) is 3.27. The summed E-state index contributed by atoms with van der Waals surface area (Å²) in [5.74, 6) is 0. The lowest BCUT2D eigenvalue weighted by Crippen LogP contribution is -2.17. The number of ether oxygens (including phenoxy) is 1. The third kappa shape index (κ3) is 2.05. The molecule has 1 aliphatic rings. The third-order valence-corrected chi connectivity index (χ3v) is 2.70. The summed E-state index contributed by atoms with van der Waals surface area (Å²) in [4.78, 5) is 0. The van der Waals surface area contributed by atoms with E-state index in [2.05, 4.69) is 37.3 Å². The van der Waals surface area contributed by atoms with Gasteiger partial charge in [0.1, 0.15) is 0 Å². The zero-order chi connectivity index (χ0) is 9.80. The minimum absolute atomic E-state index is 0.433. The van der Waals surface area contributed by atoms with E-state index >= 15 is 0 Å². The van der Waals surface area contributed by atoms with Crippen molar-refractivity contribution in [2.45, 2.75) is 25.9 Å². The molecular weight excluding hydrogens is 172 g/mol. The lowest BCUT2D eigenvalue weighted by Gasteiger charge is -2.21. The molecule has 1 heteroatoms. The molecule has 1 nitrogen and oxygen atoms in total. The Hall–Kier alpha value is -1.08. The minimum Gasteiger partial charge on any atom is -0.373 e. The monoisotopic (exact) mass is 188 g/mol. The summed E-state index contributed by atoms with van der Waals surface area (Å²) < 4.78 is 5.73. The number of hydrogen-bond acceptors (Lipinski definition) is 1. The fourth-order valence-corrected chi connectivity index (χ4v) is 1.75. The van der Waals surface area contributed by atoms with Crippen LogP contribution in [0.4, 0.5) is 0 Å². The molecule has 1 aromatic carbocycles. The van der Waals surface area contributed by atoms with Crippen LogP contribution in [0.15, 0.2) is 36.4 Å². The summed E-state index contributed by atoms with van der Waals surface area (Å²) in [6, 6.07) is 10.5. The van der Waals surface area contributed by atoms with E-state index in [-0.39, 0.29) is 0 Å². The third-order valence-electron chi connectivity index (χ3n) is 2.70. The van der Waals surface area contributed by atoms with Crippen LogP contribution in [-0.4, -0.2) is 12.7 Å². The first-order valence-electron chi connectivity index (χ1n) is 5.26. The van der Waals surface area contributed by atoms with E-state index in [0.29, 0.717) is 6.10 Å². The largest absolute Gasteiger partial charge is 0.373 e. The van der Waals surface area contributed by atoms with Crippen molar-refractivity contribution >= 4 is 5.57 Å². The van der Waals surface area contributed by atoms with Crippen molar-refractivity contribution in [1.82, 2.24) is 0 Å². The van der Waals surface area contributed by atoms with E-state index < -0.39 is 0 Å². The van der Waals surface area contributed by atoms with Crippen LogP contribution in [0, 0.1) is 0 Å². The minimum atomic E-state index is 0.433. The molecule has 0 saturated heterocycles. The fourth-order valence-electron chi connectivity index (χ4n) is 1.75. The van der Waals surface area contributed by atoms with Crippen molar-refractivity contribution in [3.63, 3.8) is 0 Å². The van der Waals surface area contributed by atoms with E-state index in [1.54, 1.807) is 0 Å². The topological polar surface area (TPSA) is 9.23 Å². The van der Waals surface area contributed by atoms with Gasteiger partial charge in [0.15, 0.2) is 0 Å². The molecule has 0 bridgehead atoms. The highest BCUT2D eigenvalue weighted by Crippen LogP contribution is 2.22. The molecule has 2 rings (SSSR count). The summed E-state index contributed by atoms with van der Waals surface area (Å²) in [7, 11) is 0. The molecular formula is C13H16O. The first-order chi connectivity index (χ1) is 6.90. The molecule has 0 amide bonds. The van der Waals surface area contributed by atoms with Gasteiger partial charge in [0.25, 0.3) is 0 Å². The summed E-state index contributed by atoms with van der Waals surface area (Å²) in [6.45, 7) is 2.94. The Bertz CT molecular complexity index is 313. The molecule has 0 saturated carbocycles. The molecule has 1 aliphatic heterocycles. The number of hydrogen-bond donors (Lipinski definition) is 0. The van der Waals surface area contributed by atoms with Crippen LogP contribution in [0.1, 0.15) is 25.3 Å². The van der Waals surface area contributed by atoms with Gasteiger partial charge in [-0.15, -0.1) is 0 Å². The maximum atomic E-state index is 5.73. The maximum Gasteiger partial charge on any atom is 0.0723 e. The predicted molar refractivity (Wildman–Crippen MR) is 59.1 cm³/mol. The van der Waals surface area contributed by atoms with Crippen LogP contribution in [0.25, 0.3) is 5.57 Å². The molecule has 1 aromatic rings. The van der Waals surface area contributed by atoms with E-state index in [0.717, 1.165) is 19.4 Å². The fraction of sp³-hybridized carbons (Fsp3) is 0.385. The molecule has 0 radical (unpaired) electrons. The molecule has 14 heavy (non-hydrogen) atoms. The Morgan fingerprint density at radius 3 is 2.64 bits per heavy atom. The smallest absolute Gasteiger partial charge is 0.0723 e. The molecule has 0 aliphatic carbocycles. The normalized spacial score (nSPS) is 21.8. The van der Waals surface area contributed by atoms with Crippen molar-refractivity contribution < 1.29 is 4.74 Å².